The number of halogens is 1. The highest BCUT2D eigenvalue weighted by Crippen LogP contribution is 2.12. The molecule has 1 heterocycles. The molecule has 2 rings (SSSR count). The van der Waals surface area contributed by atoms with Gasteiger partial charge >= 0.3 is 0 Å². The summed E-state index contributed by atoms with van der Waals surface area (Å²) in [7, 11) is 0. The van der Waals surface area contributed by atoms with Gasteiger partial charge in [-0.25, -0.2) is 4.98 Å². The topological polar surface area (TPSA) is 48.7 Å². The maximum absolute atomic E-state index is 8.65. The summed E-state index contributed by atoms with van der Waals surface area (Å²) in [5.74, 6) is 0.770. The summed E-state index contributed by atoms with van der Waals surface area (Å²) < 4.78 is 1.07. The largest absolute Gasteiger partial charge is 0.366 e. The Morgan fingerprint density at radius 1 is 1.18 bits per heavy atom. The lowest BCUT2D eigenvalue weighted by molar-refractivity contribution is 1.11. The quantitative estimate of drug-likeness (QED) is 0.942. The van der Waals surface area contributed by atoms with Crippen LogP contribution in [0.1, 0.15) is 11.1 Å². The molecule has 0 amide bonds. The summed E-state index contributed by atoms with van der Waals surface area (Å²) in [6.45, 7) is 0.714. The van der Waals surface area contributed by atoms with Crippen LogP contribution in [0.3, 0.4) is 0 Å². The van der Waals surface area contributed by atoms with Crippen LogP contribution < -0.4 is 5.32 Å². The monoisotopic (exact) mass is 287 g/mol. The number of pyridine rings is 1. The van der Waals surface area contributed by atoms with Gasteiger partial charge in [-0.05, 0) is 29.8 Å². The van der Waals surface area contributed by atoms with Gasteiger partial charge in [0.15, 0.2) is 0 Å². The van der Waals surface area contributed by atoms with Crippen LogP contribution in [0, 0.1) is 11.3 Å². The van der Waals surface area contributed by atoms with Crippen molar-refractivity contribution in [3.8, 4) is 6.07 Å². The first-order chi connectivity index (χ1) is 8.28. The number of anilines is 1. The van der Waals surface area contributed by atoms with Gasteiger partial charge in [-0.1, -0.05) is 28.1 Å². The zero-order valence-electron chi connectivity index (χ0n) is 9.02. The number of nitriles is 1. The van der Waals surface area contributed by atoms with Gasteiger partial charge in [-0.2, -0.15) is 5.26 Å². The Hall–Kier alpha value is -1.86. The second kappa shape index (κ2) is 5.46. The Balaban J connectivity index is 1.98. The molecular formula is C13H10BrN3. The Morgan fingerprint density at radius 2 is 1.94 bits per heavy atom. The Morgan fingerprint density at radius 3 is 2.53 bits per heavy atom. The van der Waals surface area contributed by atoms with Crippen LogP contribution in [0.4, 0.5) is 5.82 Å². The Labute approximate surface area is 108 Å². The predicted octanol–water partition coefficient (Wildman–Crippen LogP) is 3.33. The van der Waals surface area contributed by atoms with Crippen molar-refractivity contribution in [2.45, 2.75) is 6.54 Å². The molecule has 0 aliphatic carbocycles. The van der Waals surface area contributed by atoms with E-state index < -0.39 is 0 Å². The molecule has 3 nitrogen and oxygen atoms in total. The highest BCUT2D eigenvalue weighted by atomic mass is 79.9. The van der Waals surface area contributed by atoms with Gasteiger partial charge in [0.05, 0.1) is 5.56 Å². The molecule has 84 valence electrons. The van der Waals surface area contributed by atoms with Crippen molar-refractivity contribution in [1.82, 2.24) is 4.98 Å². The molecule has 0 aliphatic rings. The minimum Gasteiger partial charge on any atom is -0.366 e. The van der Waals surface area contributed by atoms with E-state index in [2.05, 4.69) is 26.2 Å². The second-order valence-electron chi connectivity index (χ2n) is 3.52. The van der Waals surface area contributed by atoms with Crippen LogP contribution in [-0.2, 0) is 6.54 Å². The standard InChI is InChI=1S/C13H10BrN3/c14-12-4-1-10(2-5-12)8-16-13-6-3-11(7-15)9-17-13/h1-6,9H,8H2,(H,16,17). The summed E-state index contributed by atoms with van der Waals surface area (Å²) >= 11 is 3.39. The van der Waals surface area contributed by atoms with Crippen LogP contribution in [0.5, 0.6) is 0 Å². The third kappa shape index (κ3) is 3.30. The summed E-state index contributed by atoms with van der Waals surface area (Å²) in [6, 6.07) is 13.7. The number of aromatic nitrogens is 1. The first kappa shape index (κ1) is 11.6. The van der Waals surface area contributed by atoms with Crippen LogP contribution in [0.2, 0.25) is 0 Å². The van der Waals surface area contributed by atoms with Crippen LogP contribution in [0.15, 0.2) is 47.1 Å². The predicted molar refractivity (Wildman–Crippen MR) is 70.4 cm³/mol. The number of rotatable bonds is 3. The third-order valence-corrected chi connectivity index (χ3v) is 2.81. The van der Waals surface area contributed by atoms with Gasteiger partial charge in [0.1, 0.15) is 11.9 Å². The van der Waals surface area contributed by atoms with E-state index in [1.807, 2.05) is 30.3 Å². The second-order valence-corrected chi connectivity index (χ2v) is 4.44. The lowest BCUT2D eigenvalue weighted by Gasteiger charge is -2.05. The molecule has 0 spiro atoms. The molecule has 0 atom stereocenters. The molecule has 4 heteroatoms. The number of hydrogen-bond donors (Lipinski definition) is 1. The molecule has 0 bridgehead atoms. The van der Waals surface area contributed by atoms with Crippen molar-refractivity contribution < 1.29 is 0 Å². The molecule has 0 radical (unpaired) electrons. The summed E-state index contributed by atoms with van der Waals surface area (Å²) in [4.78, 5) is 4.14. The number of hydrogen-bond acceptors (Lipinski definition) is 3. The summed E-state index contributed by atoms with van der Waals surface area (Å²) in [6.07, 6.45) is 1.56. The first-order valence-electron chi connectivity index (χ1n) is 5.12. The minimum atomic E-state index is 0.569. The molecule has 0 fully saturated rings. The number of benzene rings is 1. The van der Waals surface area contributed by atoms with E-state index in [0.29, 0.717) is 12.1 Å². The molecule has 0 saturated heterocycles. The van der Waals surface area contributed by atoms with Crippen molar-refractivity contribution in [3.63, 3.8) is 0 Å². The minimum absolute atomic E-state index is 0.569. The lowest BCUT2D eigenvalue weighted by Crippen LogP contribution is -2.00. The van der Waals surface area contributed by atoms with Gasteiger partial charge in [0.2, 0.25) is 0 Å². The van der Waals surface area contributed by atoms with Gasteiger partial charge in [0.25, 0.3) is 0 Å². The maximum atomic E-state index is 8.65. The molecular weight excluding hydrogens is 278 g/mol. The molecule has 17 heavy (non-hydrogen) atoms. The zero-order chi connectivity index (χ0) is 12.1. The van der Waals surface area contributed by atoms with Gasteiger partial charge in [-0.3, -0.25) is 0 Å². The van der Waals surface area contributed by atoms with Gasteiger partial charge in [0, 0.05) is 17.2 Å². The van der Waals surface area contributed by atoms with E-state index in [-0.39, 0.29) is 0 Å². The Bertz CT molecular complexity index is 526. The van der Waals surface area contributed by atoms with Crippen molar-refractivity contribution in [1.29, 1.82) is 5.26 Å². The van der Waals surface area contributed by atoms with Crippen LogP contribution >= 0.6 is 15.9 Å². The normalized spacial score (nSPS) is 9.65. The third-order valence-electron chi connectivity index (χ3n) is 2.28. The molecule has 0 unspecified atom stereocenters. The molecule has 0 aliphatic heterocycles. The van der Waals surface area contributed by atoms with Crippen LogP contribution in [0.25, 0.3) is 0 Å². The molecule has 2 aromatic rings. The highest BCUT2D eigenvalue weighted by molar-refractivity contribution is 9.10. The average Bonchev–Trinajstić information content (AvgIpc) is 2.39. The summed E-state index contributed by atoms with van der Waals surface area (Å²) in [5, 5.41) is 11.8. The molecule has 1 aromatic carbocycles. The fourth-order valence-electron chi connectivity index (χ4n) is 1.36. The zero-order valence-corrected chi connectivity index (χ0v) is 10.6. The molecule has 1 N–H and O–H groups in total. The fourth-order valence-corrected chi connectivity index (χ4v) is 1.62. The van der Waals surface area contributed by atoms with E-state index >= 15 is 0 Å². The molecule has 0 saturated carbocycles. The van der Waals surface area contributed by atoms with Crippen molar-refractivity contribution >= 4 is 21.7 Å². The number of nitrogens with zero attached hydrogens (tertiary/aromatic N) is 2. The summed E-state index contributed by atoms with van der Waals surface area (Å²) in [5.41, 5.74) is 1.75. The molecule has 1 aromatic heterocycles. The van der Waals surface area contributed by atoms with Gasteiger partial charge < -0.3 is 5.32 Å². The average molecular weight is 288 g/mol. The van der Waals surface area contributed by atoms with E-state index in [1.54, 1.807) is 18.3 Å². The van der Waals surface area contributed by atoms with Crippen molar-refractivity contribution in [3.05, 3.63) is 58.2 Å². The SMILES string of the molecule is N#Cc1ccc(NCc2ccc(Br)cc2)nc1. The lowest BCUT2D eigenvalue weighted by atomic mass is 10.2. The van der Waals surface area contributed by atoms with Crippen LogP contribution in [-0.4, -0.2) is 4.98 Å². The highest BCUT2D eigenvalue weighted by Gasteiger charge is 1.96. The van der Waals surface area contributed by atoms with E-state index in [4.69, 9.17) is 5.26 Å². The van der Waals surface area contributed by atoms with E-state index in [1.165, 1.54) is 5.56 Å². The van der Waals surface area contributed by atoms with E-state index in [9.17, 15) is 0 Å². The van der Waals surface area contributed by atoms with Crippen molar-refractivity contribution in [2.75, 3.05) is 5.32 Å². The fraction of sp³-hybridized carbons (Fsp3) is 0.0769. The number of nitrogens with one attached hydrogen (secondary N) is 1. The van der Waals surface area contributed by atoms with Gasteiger partial charge in [-0.15, -0.1) is 0 Å². The maximum Gasteiger partial charge on any atom is 0.126 e. The smallest absolute Gasteiger partial charge is 0.126 e. The first-order valence-corrected chi connectivity index (χ1v) is 5.92. The van der Waals surface area contributed by atoms with Crippen molar-refractivity contribution in [2.24, 2.45) is 0 Å². The Kier molecular flexibility index (Phi) is 3.73. The van der Waals surface area contributed by atoms with E-state index in [0.717, 1.165) is 10.3 Å².